The first kappa shape index (κ1) is 16.0. The van der Waals surface area contributed by atoms with Gasteiger partial charge in [-0.25, -0.2) is 0 Å². The summed E-state index contributed by atoms with van der Waals surface area (Å²) in [7, 11) is 0. The average Bonchev–Trinajstić information content (AvgIpc) is 2.67. The zero-order valence-electron chi connectivity index (χ0n) is 12.2. The summed E-state index contributed by atoms with van der Waals surface area (Å²) in [5.74, 6) is -0.357. The Labute approximate surface area is 116 Å². The van der Waals surface area contributed by atoms with Gasteiger partial charge in [0.2, 0.25) is 5.91 Å². The minimum Gasteiger partial charge on any atom is -0.481 e. The van der Waals surface area contributed by atoms with E-state index in [1.54, 1.807) is 0 Å². The predicted molar refractivity (Wildman–Crippen MR) is 74.9 cm³/mol. The summed E-state index contributed by atoms with van der Waals surface area (Å²) in [6.45, 7) is 5.07. The Bertz CT molecular complexity index is 313. The molecule has 4 heteroatoms. The summed E-state index contributed by atoms with van der Waals surface area (Å²) in [6, 6.07) is 0. The maximum atomic E-state index is 12.1. The van der Waals surface area contributed by atoms with E-state index in [1.165, 1.54) is 0 Å². The van der Waals surface area contributed by atoms with Crippen molar-refractivity contribution in [2.24, 2.45) is 11.3 Å². The molecule has 1 amide bonds. The van der Waals surface area contributed by atoms with Crippen LogP contribution in [-0.2, 0) is 9.59 Å². The average molecular weight is 269 g/mol. The van der Waals surface area contributed by atoms with Crippen LogP contribution in [0, 0.1) is 11.3 Å². The van der Waals surface area contributed by atoms with Crippen LogP contribution >= 0.6 is 0 Å². The van der Waals surface area contributed by atoms with Crippen molar-refractivity contribution < 1.29 is 14.7 Å². The molecule has 0 heterocycles. The van der Waals surface area contributed by atoms with Crippen molar-refractivity contribution in [2.75, 3.05) is 6.54 Å². The first-order chi connectivity index (χ1) is 8.93. The molecular weight excluding hydrogens is 242 g/mol. The van der Waals surface area contributed by atoms with E-state index in [1.807, 2.05) is 0 Å². The lowest BCUT2D eigenvalue weighted by atomic mass is 9.81. The highest BCUT2D eigenvalue weighted by molar-refractivity contribution is 5.79. The van der Waals surface area contributed by atoms with Crippen LogP contribution in [0.3, 0.4) is 0 Å². The Morgan fingerprint density at radius 3 is 2.47 bits per heavy atom. The van der Waals surface area contributed by atoms with E-state index in [0.717, 1.165) is 51.5 Å². The minimum atomic E-state index is -0.725. The highest BCUT2D eigenvalue weighted by atomic mass is 16.4. The smallest absolute Gasteiger partial charge is 0.303 e. The van der Waals surface area contributed by atoms with E-state index in [0.29, 0.717) is 0 Å². The van der Waals surface area contributed by atoms with Crippen LogP contribution in [0.5, 0.6) is 0 Å². The molecule has 1 aliphatic rings. The molecule has 1 rings (SSSR count). The van der Waals surface area contributed by atoms with Crippen LogP contribution in [-0.4, -0.2) is 23.5 Å². The van der Waals surface area contributed by atoms with Gasteiger partial charge in [-0.3, -0.25) is 9.59 Å². The molecule has 1 atom stereocenters. The van der Waals surface area contributed by atoms with Gasteiger partial charge in [-0.05, 0) is 31.1 Å². The van der Waals surface area contributed by atoms with Crippen molar-refractivity contribution in [3.05, 3.63) is 0 Å². The summed E-state index contributed by atoms with van der Waals surface area (Å²) < 4.78 is 0. The third kappa shape index (κ3) is 5.62. The molecule has 0 spiro atoms. The summed E-state index contributed by atoms with van der Waals surface area (Å²) >= 11 is 0. The van der Waals surface area contributed by atoms with Gasteiger partial charge >= 0.3 is 5.97 Å². The second kappa shape index (κ2) is 7.51. The van der Waals surface area contributed by atoms with Crippen molar-refractivity contribution in [1.82, 2.24) is 5.32 Å². The molecule has 0 aliphatic heterocycles. The van der Waals surface area contributed by atoms with E-state index >= 15 is 0 Å². The number of carbonyl (C=O) groups is 2. The van der Waals surface area contributed by atoms with Crippen molar-refractivity contribution in [3.8, 4) is 0 Å². The van der Waals surface area contributed by atoms with Gasteiger partial charge in [0, 0.05) is 18.9 Å². The molecule has 110 valence electrons. The van der Waals surface area contributed by atoms with Gasteiger partial charge in [0.05, 0.1) is 0 Å². The molecule has 1 unspecified atom stereocenters. The number of rotatable bonds is 8. The molecule has 4 nitrogen and oxygen atoms in total. The number of amides is 1. The molecule has 0 aromatic carbocycles. The number of aliphatic carboxylic acids is 1. The third-order valence-corrected chi connectivity index (χ3v) is 4.19. The monoisotopic (exact) mass is 269 g/mol. The number of hydrogen-bond acceptors (Lipinski definition) is 2. The Morgan fingerprint density at radius 2 is 1.89 bits per heavy atom. The molecule has 1 fully saturated rings. The Morgan fingerprint density at radius 1 is 1.21 bits per heavy atom. The highest BCUT2D eigenvalue weighted by Gasteiger charge is 2.38. The number of carboxylic acids is 1. The SMILES string of the molecule is CC1(C)CCCC1C(=O)NCCCCCCC(=O)O. The van der Waals surface area contributed by atoms with Crippen LogP contribution in [0.4, 0.5) is 0 Å². The van der Waals surface area contributed by atoms with Gasteiger partial charge in [0.15, 0.2) is 0 Å². The number of nitrogens with one attached hydrogen (secondary N) is 1. The van der Waals surface area contributed by atoms with Crippen molar-refractivity contribution in [2.45, 2.75) is 65.2 Å². The molecular formula is C15H27NO3. The van der Waals surface area contributed by atoms with E-state index in [4.69, 9.17) is 5.11 Å². The van der Waals surface area contributed by atoms with E-state index in [-0.39, 0.29) is 23.7 Å². The van der Waals surface area contributed by atoms with Crippen molar-refractivity contribution in [3.63, 3.8) is 0 Å². The molecule has 0 aromatic heterocycles. The molecule has 1 saturated carbocycles. The molecule has 19 heavy (non-hydrogen) atoms. The maximum Gasteiger partial charge on any atom is 0.303 e. The van der Waals surface area contributed by atoms with Gasteiger partial charge in [-0.2, -0.15) is 0 Å². The second-order valence-corrected chi connectivity index (χ2v) is 6.28. The summed E-state index contributed by atoms with van der Waals surface area (Å²) in [5.41, 5.74) is 0.144. The third-order valence-electron chi connectivity index (χ3n) is 4.19. The zero-order valence-corrected chi connectivity index (χ0v) is 12.2. The second-order valence-electron chi connectivity index (χ2n) is 6.28. The fourth-order valence-electron chi connectivity index (χ4n) is 2.90. The fraction of sp³-hybridized carbons (Fsp3) is 0.867. The van der Waals surface area contributed by atoms with Crippen LogP contribution in [0.25, 0.3) is 0 Å². The summed E-state index contributed by atoms with van der Waals surface area (Å²) in [5, 5.41) is 11.5. The highest BCUT2D eigenvalue weighted by Crippen LogP contribution is 2.42. The number of carboxylic acid groups (broad SMARTS) is 1. The molecule has 0 aromatic rings. The van der Waals surface area contributed by atoms with Crippen molar-refractivity contribution in [1.29, 1.82) is 0 Å². The normalized spacial score (nSPS) is 21.3. The Hall–Kier alpha value is -1.06. The van der Waals surface area contributed by atoms with E-state index < -0.39 is 5.97 Å². The lowest BCUT2D eigenvalue weighted by molar-refractivity contribution is -0.137. The van der Waals surface area contributed by atoms with Gasteiger partial charge in [0.1, 0.15) is 0 Å². The van der Waals surface area contributed by atoms with Crippen LogP contribution < -0.4 is 5.32 Å². The maximum absolute atomic E-state index is 12.1. The number of carbonyl (C=O) groups excluding carboxylic acids is 1. The van der Waals surface area contributed by atoms with Gasteiger partial charge in [-0.1, -0.05) is 33.1 Å². The zero-order chi connectivity index (χ0) is 14.3. The topological polar surface area (TPSA) is 66.4 Å². The quantitative estimate of drug-likeness (QED) is 0.666. The molecule has 1 aliphatic carbocycles. The van der Waals surface area contributed by atoms with Gasteiger partial charge in [0.25, 0.3) is 0 Å². The minimum absolute atomic E-state index is 0.144. The first-order valence-electron chi connectivity index (χ1n) is 7.43. The van der Waals surface area contributed by atoms with E-state index in [2.05, 4.69) is 19.2 Å². The lowest BCUT2D eigenvalue weighted by Crippen LogP contribution is -2.36. The van der Waals surface area contributed by atoms with Crippen LogP contribution in [0.1, 0.15) is 65.2 Å². The van der Waals surface area contributed by atoms with Crippen molar-refractivity contribution >= 4 is 11.9 Å². The van der Waals surface area contributed by atoms with Crippen LogP contribution in [0.2, 0.25) is 0 Å². The number of unbranched alkanes of at least 4 members (excludes halogenated alkanes) is 3. The van der Waals surface area contributed by atoms with Gasteiger partial charge in [-0.15, -0.1) is 0 Å². The lowest BCUT2D eigenvalue weighted by Gasteiger charge is -2.25. The predicted octanol–water partition coefficient (Wildman–Crippen LogP) is 2.96. The first-order valence-corrected chi connectivity index (χ1v) is 7.43. The standard InChI is InChI=1S/C15H27NO3/c1-15(2)10-7-8-12(15)14(19)16-11-6-4-3-5-9-13(17)18/h12H,3-11H2,1-2H3,(H,16,19)(H,17,18). The van der Waals surface area contributed by atoms with Gasteiger partial charge < -0.3 is 10.4 Å². The molecule has 2 N–H and O–H groups in total. The molecule has 0 saturated heterocycles. The molecule has 0 radical (unpaired) electrons. The van der Waals surface area contributed by atoms with Crippen LogP contribution in [0.15, 0.2) is 0 Å². The Balaban J connectivity index is 2.06. The summed E-state index contributed by atoms with van der Waals surface area (Å²) in [6.07, 6.45) is 7.15. The fourth-order valence-corrected chi connectivity index (χ4v) is 2.90. The van der Waals surface area contributed by atoms with E-state index in [9.17, 15) is 9.59 Å². The number of hydrogen-bond donors (Lipinski definition) is 2. The Kier molecular flexibility index (Phi) is 6.32. The summed E-state index contributed by atoms with van der Waals surface area (Å²) in [4.78, 5) is 22.4. The molecule has 0 bridgehead atoms. The largest absolute Gasteiger partial charge is 0.481 e.